The summed E-state index contributed by atoms with van der Waals surface area (Å²) in [5, 5.41) is 0. The van der Waals surface area contributed by atoms with Crippen LogP contribution in [0, 0.1) is 0 Å². The number of rotatable bonds is 8. The Hall–Kier alpha value is -1.66. The number of carbonyl (C=O) groups is 1. The Morgan fingerprint density at radius 2 is 2.14 bits per heavy atom. The molecule has 116 valence electrons. The molecule has 0 aliphatic rings. The molecule has 0 heterocycles. The third kappa shape index (κ3) is 4.99. The van der Waals surface area contributed by atoms with Gasteiger partial charge in [0.2, 0.25) is 10.0 Å². The van der Waals surface area contributed by atoms with E-state index in [9.17, 15) is 13.2 Å². The lowest BCUT2D eigenvalue weighted by Gasteiger charge is -2.17. The van der Waals surface area contributed by atoms with Gasteiger partial charge in [-0.2, -0.15) is 0 Å². The molecule has 0 saturated carbocycles. The second-order valence-electron chi connectivity index (χ2n) is 4.75. The lowest BCUT2D eigenvalue weighted by Crippen LogP contribution is -2.28. The first-order chi connectivity index (χ1) is 9.92. The van der Waals surface area contributed by atoms with Gasteiger partial charge in [-0.25, -0.2) is 13.1 Å². The summed E-state index contributed by atoms with van der Waals surface area (Å²) in [6.45, 7) is 6.32. The van der Waals surface area contributed by atoms with Gasteiger partial charge in [0.05, 0.1) is 4.90 Å². The number of unbranched alkanes of at least 4 members (excludes halogenated alkanes) is 1. The van der Waals surface area contributed by atoms with Crippen LogP contribution in [0.1, 0.15) is 30.1 Å². The first-order valence-corrected chi connectivity index (χ1v) is 8.36. The molecule has 1 aromatic rings. The van der Waals surface area contributed by atoms with Gasteiger partial charge < -0.3 is 4.90 Å². The zero-order chi connectivity index (χ0) is 15.9. The van der Waals surface area contributed by atoms with E-state index in [1.807, 2.05) is 0 Å². The van der Waals surface area contributed by atoms with Crippen LogP contribution in [0.3, 0.4) is 0 Å². The number of benzene rings is 1. The van der Waals surface area contributed by atoms with Gasteiger partial charge in [0.25, 0.3) is 5.91 Å². The lowest BCUT2D eigenvalue weighted by atomic mass is 10.2. The molecule has 0 aromatic heterocycles. The van der Waals surface area contributed by atoms with E-state index < -0.39 is 10.0 Å². The van der Waals surface area contributed by atoms with Crippen LogP contribution in [-0.4, -0.2) is 39.4 Å². The Morgan fingerprint density at radius 3 is 2.76 bits per heavy atom. The van der Waals surface area contributed by atoms with Gasteiger partial charge in [0.1, 0.15) is 0 Å². The molecule has 1 N–H and O–H groups in total. The van der Waals surface area contributed by atoms with Crippen LogP contribution in [0.15, 0.2) is 41.8 Å². The van der Waals surface area contributed by atoms with Crippen LogP contribution in [0.2, 0.25) is 0 Å². The van der Waals surface area contributed by atoms with Crippen LogP contribution in [0.4, 0.5) is 0 Å². The number of nitrogens with one attached hydrogen (secondary N) is 1. The number of hydrogen-bond donors (Lipinski definition) is 1. The average Bonchev–Trinajstić information content (AvgIpc) is 2.50. The highest BCUT2D eigenvalue weighted by Gasteiger charge is 2.17. The van der Waals surface area contributed by atoms with E-state index in [4.69, 9.17) is 0 Å². The summed E-state index contributed by atoms with van der Waals surface area (Å²) in [5.74, 6) is -0.177. The number of sulfonamides is 1. The summed E-state index contributed by atoms with van der Waals surface area (Å²) in [6, 6.07) is 6.06. The monoisotopic (exact) mass is 310 g/mol. The third-order valence-electron chi connectivity index (χ3n) is 3.00. The standard InChI is InChI=1S/C15H22N2O3S/c1-4-6-11-17(3)15(18)13-8-7-9-14(12-13)21(19,20)16-10-5-2/h5,7-9,12,16H,2,4,6,10-11H2,1,3H3. The number of carbonyl (C=O) groups excluding carboxylic acids is 1. The molecule has 0 fully saturated rings. The van der Waals surface area contributed by atoms with E-state index in [0.29, 0.717) is 12.1 Å². The van der Waals surface area contributed by atoms with Crippen molar-refractivity contribution < 1.29 is 13.2 Å². The quantitative estimate of drug-likeness (QED) is 0.747. The van der Waals surface area contributed by atoms with Gasteiger partial charge in [0.15, 0.2) is 0 Å². The van der Waals surface area contributed by atoms with Gasteiger partial charge >= 0.3 is 0 Å². The number of nitrogens with zero attached hydrogens (tertiary/aromatic N) is 1. The molecule has 0 unspecified atom stereocenters. The molecular formula is C15H22N2O3S. The summed E-state index contributed by atoms with van der Waals surface area (Å²) in [7, 11) is -1.90. The predicted molar refractivity (Wildman–Crippen MR) is 83.7 cm³/mol. The molecule has 0 bridgehead atoms. The predicted octanol–water partition coefficient (Wildman–Crippen LogP) is 2.02. The van der Waals surface area contributed by atoms with Crippen LogP contribution in [-0.2, 0) is 10.0 Å². The summed E-state index contributed by atoms with van der Waals surface area (Å²) < 4.78 is 26.4. The van der Waals surface area contributed by atoms with E-state index in [-0.39, 0.29) is 17.3 Å². The number of hydrogen-bond acceptors (Lipinski definition) is 3. The summed E-state index contributed by atoms with van der Waals surface area (Å²) in [4.78, 5) is 13.9. The van der Waals surface area contributed by atoms with Crippen LogP contribution < -0.4 is 4.72 Å². The Balaban J connectivity index is 2.95. The third-order valence-corrected chi connectivity index (χ3v) is 4.42. The maximum absolute atomic E-state index is 12.2. The van der Waals surface area contributed by atoms with Crippen molar-refractivity contribution >= 4 is 15.9 Å². The summed E-state index contributed by atoms with van der Waals surface area (Å²) in [6.07, 6.45) is 3.38. The van der Waals surface area contributed by atoms with Gasteiger partial charge in [-0.15, -0.1) is 6.58 Å². The van der Waals surface area contributed by atoms with Crippen LogP contribution in [0.5, 0.6) is 0 Å². The highest BCUT2D eigenvalue weighted by atomic mass is 32.2. The largest absolute Gasteiger partial charge is 0.342 e. The molecule has 0 atom stereocenters. The second-order valence-corrected chi connectivity index (χ2v) is 6.52. The van der Waals surface area contributed by atoms with Gasteiger partial charge in [0, 0.05) is 25.7 Å². The highest BCUT2D eigenvalue weighted by Crippen LogP contribution is 2.13. The smallest absolute Gasteiger partial charge is 0.253 e. The summed E-state index contributed by atoms with van der Waals surface area (Å²) >= 11 is 0. The van der Waals surface area contributed by atoms with Gasteiger partial charge in [-0.1, -0.05) is 25.5 Å². The molecule has 1 aromatic carbocycles. The molecule has 5 nitrogen and oxygen atoms in total. The van der Waals surface area contributed by atoms with Crippen LogP contribution in [0.25, 0.3) is 0 Å². The molecular weight excluding hydrogens is 288 g/mol. The zero-order valence-corrected chi connectivity index (χ0v) is 13.3. The van der Waals surface area contributed by atoms with E-state index in [0.717, 1.165) is 12.8 Å². The fourth-order valence-electron chi connectivity index (χ4n) is 1.77. The average molecular weight is 310 g/mol. The second kappa shape index (κ2) is 7.95. The normalized spacial score (nSPS) is 11.1. The van der Waals surface area contributed by atoms with Crippen molar-refractivity contribution in [3.8, 4) is 0 Å². The van der Waals surface area contributed by atoms with E-state index in [2.05, 4.69) is 18.2 Å². The molecule has 0 aliphatic carbocycles. The Bertz CT molecular complexity index is 597. The maximum atomic E-state index is 12.2. The molecule has 1 rings (SSSR count). The minimum atomic E-state index is -3.61. The van der Waals surface area contributed by atoms with Crippen molar-refractivity contribution in [2.75, 3.05) is 20.1 Å². The fraction of sp³-hybridized carbons (Fsp3) is 0.400. The SMILES string of the molecule is C=CCNS(=O)(=O)c1cccc(C(=O)N(C)CCCC)c1. The van der Waals surface area contributed by atoms with Crippen molar-refractivity contribution in [3.05, 3.63) is 42.5 Å². The first kappa shape index (κ1) is 17.4. The van der Waals surface area contributed by atoms with Crippen molar-refractivity contribution in [2.24, 2.45) is 0 Å². The van der Waals surface area contributed by atoms with Crippen molar-refractivity contribution in [1.29, 1.82) is 0 Å². The summed E-state index contributed by atoms with van der Waals surface area (Å²) in [5.41, 5.74) is 0.370. The molecule has 0 saturated heterocycles. The molecule has 0 radical (unpaired) electrons. The Kier molecular flexibility index (Phi) is 6.58. The number of amides is 1. The maximum Gasteiger partial charge on any atom is 0.253 e. The molecule has 0 aliphatic heterocycles. The van der Waals surface area contributed by atoms with Crippen LogP contribution >= 0.6 is 0 Å². The van der Waals surface area contributed by atoms with E-state index in [1.54, 1.807) is 24.1 Å². The fourth-order valence-corrected chi connectivity index (χ4v) is 2.81. The molecule has 0 spiro atoms. The lowest BCUT2D eigenvalue weighted by molar-refractivity contribution is 0.0793. The Morgan fingerprint density at radius 1 is 1.43 bits per heavy atom. The van der Waals surface area contributed by atoms with Crippen molar-refractivity contribution in [1.82, 2.24) is 9.62 Å². The topological polar surface area (TPSA) is 66.5 Å². The molecule has 1 amide bonds. The molecule has 21 heavy (non-hydrogen) atoms. The van der Waals surface area contributed by atoms with E-state index >= 15 is 0 Å². The Labute approximate surface area is 126 Å². The van der Waals surface area contributed by atoms with Crippen molar-refractivity contribution in [2.45, 2.75) is 24.7 Å². The minimum absolute atomic E-state index is 0.0825. The van der Waals surface area contributed by atoms with Crippen molar-refractivity contribution in [3.63, 3.8) is 0 Å². The first-order valence-electron chi connectivity index (χ1n) is 6.88. The van der Waals surface area contributed by atoms with Gasteiger partial charge in [-0.3, -0.25) is 4.79 Å². The highest BCUT2D eigenvalue weighted by molar-refractivity contribution is 7.89. The van der Waals surface area contributed by atoms with E-state index in [1.165, 1.54) is 18.2 Å². The molecule has 6 heteroatoms. The van der Waals surface area contributed by atoms with Gasteiger partial charge in [-0.05, 0) is 24.6 Å². The zero-order valence-electron chi connectivity index (χ0n) is 12.5. The minimum Gasteiger partial charge on any atom is -0.342 e.